The van der Waals surface area contributed by atoms with Gasteiger partial charge in [-0.15, -0.1) is 0 Å². The topological polar surface area (TPSA) is 59.4 Å². The van der Waals surface area contributed by atoms with Crippen molar-refractivity contribution in [1.29, 1.82) is 0 Å². The highest BCUT2D eigenvalue weighted by Gasteiger charge is 2.30. The number of rotatable bonds is 4. The van der Waals surface area contributed by atoms with Gasteiger partial charge in [-0.25, -0.2) is 4.98 Å². The summed E-state index contributed by atoms with van der Waals surface area (Å²) in [6, 6.07) is 10.7. The van der Waals surface area contributed by atoms with Gasteiger partial charge >= 0.3 is 0 Å². The molecular formula is C26H31ClN4O2. The number of imidazole rings is 1. The Morgan fingerprint density at radius 1 is 1.06 bits per heavy atom. The molecule has 2 saturated heterocycles. The Bertz CT molecular complexity index is 1190. The maximum Gasteiger partial charge on any atom is 0.223 e. The van der Waals surface area contributed by atoms with Crippen molar-refractivity contribution in [3.63, 3.8) is 0 Å². The van der Waals surface area contributed by atoms with Crippen LogP contribution in [0, 0.1) is 26.7 Å². The molecule has 3 heterocycles. The highest BCUT2D eigenvalue weighted by atomic mass is 35.5. The molecule has 0 radical (unpaired) electrons. The summed E-state index contributed by atoms with van der Waals surface area (Å²) in [4.78, 5) is 20.1. The zero-order valence-corrected chi connectivity index (χ0v) is 20.3. The Labute approximate surface area is 199 Å². The normalized spacial score (nSPS) is 19.4. The van der Waals surface area contributed by atoms with Crippen LogP contribution < -0.4 is 10.2 Å². The molecule has 2 fully saturated rings. The highest BCUT2D eigenvalue weighted by Crippen LogP contribution is 2.33. The first-order valence-electron chi connectivity index (χ1n) is 11.8. The summed E-state index contributed by atoms with van der Waals surface area (Å²) in [5, 5.41) is 3.91. The third-order valence-electron chi connectivity index (χ3n) is 7.09. The summed E-state index contributed by atoms with van der Waals surface area (Å²) in [6.45, 7) is 9.22. The predicted molar refractivity (Wildman–Crippen MR) is 133 cm³/mol. The molecule has 2 aliphatic heterocycles. The molecule has 1 amide bonds. The molecule has 33 heavy (non-hydrogen) atoms. The lowest BCUT2D eigenvalue weighted by molar-refractivity contribution is -0.126. The predicted octanol–water partition coefficient (Wildman–Crippen LogP) is 4.73. The zero-order valence-electron chi connectivity index (χ0n) is 19.5. The summed E-state index contributed by atoms with van der Waals surface area (Å²) in [5.41, 5.74) is 6.54. The second kappa shape index (κ2) is 8.99. The maximum absolute atomic E-state index is 12.8. The van der Waals surface area contributed by atoms with Gasteiger partial charge in [0.1, 0.15) is 0 Å². The number of carbonyl (C=O) groups is 1. The van der Waals surface area contributed by atoms with Crippen LogP contribution in [0.2, 0.25) is 5.02 Å². The smallest absolute Gasteiger partial charge is 0.223 e. The van der Waals surface area contributed by atoms with Crippen LogP contribution in [0.4, 0.5) is 5.95 Å². The number of ether oxygens (including phenoxy) is 1. The number of fused-ring (bicyclic) bond motifs is 1. The summed E-state index contributed by atoms with van der Waals surface area (Å²) in [5.74, 6) is 1.12. The molecule has 6 nitrogen and oxygen atoms in total. The van der Waals surface area contributed by atoms with Gasteiger partial charge < -0.3 is 15.0 Å². The molecule has 2 aromatic carbocycles. The third kappa shape index (κ3) is 4.34. The molecule has 1 N–H and O–H groups in total. The Kier molecular flexibility index (Phi) is 6.06. The first-order valence-corrected chi connectivity index (χ1v) is 12.2. The molecule has 7 heteroatoms. The third-order valence-corrected chi connectivity index (χ3v) is 7.50. The summed E-state index contributed by atoms with van der Waals surface area (Å²) in [6.07, 6.45) is 2.54. The first-order chi connectivity index (χ1) is 15.9. The number of amides is 1. The van der Waals surface area contributed by atoms with Crippen molar-refractivity contribution in [1.82, 2.24) is 14.9 Å². The van der Waals surface area contributed by atoms with Gasteiger partial charge in [-0.05, 0) is 81.0 Å². The monoisotopic (exact) mass is 466 g/mol. The average Bonchev–Trinajstić information content (AvgIpc) is 3.44. The fraction of sp³-hybridized carbons (Fsp3) is 0.462. The number of aromatic nitrogens is 2. The van der Waals surface area contributed by atoms with Crippen molar-refractivity contribution in [2.75, 3.05) is 31.2 Å². The largest absolute Gasteiger partial charge is 0.379 e. The van der Waals surface area contributed by atoms with Crippen LogP contribution in [0.15, 0.2) is 30.3 Å². The molecule has 174 valence electrons. The van der Waals surface area contributed by atoms with Gasteiger partial charge in [0, 0.05) is 36.3 Å². The Hall–Kier alpha value is -2.57. The van der Waals surface area contributed by atoms with Crippen molar-refractivity contribution < 1.29 is 9.53 Å². The lowest BCUT2D eigenvalue weighted by Gasteiger charge is -2.33. The van der Waals surface area contributed by atoms with Crippen LogP contribution in [-0.2, 0) is 9.53 Å². The maximum atomic E-state index is 12.8. The Morgan fingerprint density at radius 2 is 1.85 bits per heavy atom. The van der Waals surface area contributed by atoms with E-state index in [-0.39, 0.29) is 17.9 Å². The van der Waals surface area contributed by atoms with Gasteiger partial charge in [-0.1, -0.05) is 17.7 Å². The van der Waals surface area contributed by atoms with Gasteiger partial charge in [0.25, 0.3) is 0 Å². The van der Waals surface area contributed by atoms with Gasteiger partial charge in [0.15, 0.2) is 0 Å². The molecule has 0 saturated carbocycles. The van der Waals surface area contributed by atoms with Gasteiger partial charge in [-0.3, -0.25) is 9.36 Å². The van der Waals surface area contributed by atoms with Crippen molar-refractivity contribution in [2.45, 2.75) is 46.1 Å². The van der Waals surface area contributed by atoms with E-state index in [9.17, 15) is 4.79 Å². The number of anilines is 1. The molecule has 3 aromatic rings. The number of piperidine rings is 1. The number of hydrogen-bond acceptors (Lipinski definition) is 4. The van der Waals surface area contributed by atoms with Crippen LogP contribution in [0.5, 0.6) is 0 Å². The van der Waals surface area contributed by atoms with Crippen molar-refractivity contribution in [3.8, 4) is 5.69 Å². The highest BCUT2D eigenvalue weighted by molar-refractivity contribution is 6.32. The van der Waals surface area contributed by atoms with E-state index in [0.717, 1.165) is 72.2 Å². The molecule has 0 spiro atoms. The fourth-order valence-electron chi connectivity index (χ4n) is 4.83. The Balaban J connectivity index is 1.44. The number of carbonyl (C=O) groups excluding carboxylic acids is 1. The van der Waals surface area contributed by atoms with Gasteiger partial charge in [-0.2, -0.15) is 0 Å². The first kappa shape index (κ1) is 22.2. The van der Waals surface area contributed by atoms with Gasteiger partial charge in [0.2, 0.25) is 11.9 Å². The number of aryl methyl sites for hydroxylation is 3. The summed E-state index contributed by atoms with van der Waals surface area (Å²) >= 11 is 6.51. The van der Waals surface area contributed by atoms with Crippen LogP contribution in [-0.4, -0.2) is 47.8 Å². The molecule has 5 rings (SSSR count). The second-order valence-corrected chi connectivity index (χ2v) is 9.84. The van der Waals surface area contributed by atoms with E-state index in [1.165, 1.54) is 11.1 Å². The van der Waals surface area contributed by atoms with E-state index in [4.69, 9.17) is 21.3 Å². The molecule has 0 unspecified atom stereocenters. The number of nitrogens with one attached hydrogen (secondary N) is 1. The lowest BCUT2D eigenvalue weighted by Crippen LogP contribution is -2.44. The Morgan fingerprint density at radius 3 is 2.55 bits per heavy atom. The van der Waals surface area contributed by atoms with Crippen LogP contribution in [0.1, 0.15) is 36.0 Å². The van der Waals surface area contributed by atoms with Crippen LogP contribution >= 0.6 is 11.6 Å². The SMILES string of the molecule is Cc1ccc(-n2c(N3CCC(C(=O)N[C@@H]4CCOC4)CC3)nc3cc(C)c(Cl)cc32)cc1C. The number of halogens is 1. The average molecular weight is 467 g/mol. The van der Waals surface area contributed by atoms with Crippen LogP contribution in [0.3, 0.4) is 0 Å². The fourth-order valence-corrected chi connectivity index (χ4v) is 4.99. The molecule has 0 aliphatic carbocycles. The van der Waals surface area contributed by atoms with E-state index in [2.05, 4.69) is 52.9 Å². The van der Waals surface area contributed by atoms with Gasteiger partial charge in [0.05, 0.1) is 23.7 Å². The van der Waals surface area contributed by atoms with E-state index < -0.39 is 0 Å². The van der Waals surface area contributed by atoms with E-state index >= 15 is 0 Å². The lowest BCUT2D eigenvalue weighted by atomic mass is 9.95. The minimum Gasteiger partial charge on any atom is -0.379 e. The van der Waals surface area contributed by atoms with E-state index in [0.29, 0.717) is 6.61 Å². The van der Waals surface area contributed by atoms with E-state index in [1.807, 2.05) is 13.0 Å². The molecule has 1 atom stereocenters. The zero-order chi connectivity index (χ0) is 23.1. The quantitative estimate of drug-likeness (QED) is 0.604. The number of nitrogens with zero attached hydrogens (tertiary/aromatic N) is 3. The molecular weight excluding hydrogens is 436 g/mol. The van der Waals surface area contributed by atoms with E-state index in [1.54, 1.807) is 0 Å². The minimum absolute atomic E-state index is 0.0398. The summed E-state index contributed by atoms with van der Waals surface area (Å²) in [7, 11) is 0. The molecule has 1 aromatic heterocycles. The van der Waals surface area contributed by atoms with Crippen LogP contribution in [0.25, 0.3) is 16.7 Å². The number of benzene rings is 2. The van der Waals surface area contributed by atoms with Crippen molar-refractivity contribution in [2.24, 2.45) is 5.92 Å². The second-order valence-electron chi connectivity index (χ2n) is 9.44. The summed E-state index contributed by atoms with van der Waals surface area (Å²) < 4.78 is 7.60. The molecule has 2 aliphatic rings. The number of hydrogen-bond donors (Lipinski definition) is 1. The van der Waals surface area contributed by atoms with Crippen molar-refractivity contribution >= 4 is 34.5 Å². The standard InChI is InChI=1S/C26H31ClN4O2/c1-16-4-5-21(12-17(16)2)31-24-14-22(27)18(3)13-23(24)29-26(31)30-9-6-19(7-10-30)25(32)28-20-8-11-33-15-20/h4-5,12-14,19-20H,6-11,15H2,1-3H3,(H,28,32)/t20-/m1/s1. The minimum atomic E-state index is 0.0398. The van der Waals surface area contributed by atoms with Crippen molar-refractivity contribution in [3.05, 3.63) is 52.0 Å². The molecule has 0 bridgehead atoms.